The van der Waals surface area contributed by atoms with Crippen molar-refractivity contribution in [1.82, 2.24) is 15.1 Å². The minimum absolute atomic E-state index is 0.108. The van der Waals surface area contributed by atoms with Gasteiger partial charge in [-0.3, -0.25) is 4.90 Å². The van der Waals surface area contributed by atoms with Crippen LogP contribution in [0.25, 0.3) is 11.5 Å². The Hall–Kier alpha value is -3.16. The SMILES string of the molecule is COc1ccccc1N1CCN(C(c2ccc(Br)cc2)c2nnc(-c3ccccc3)o2)CC1. The topological polar surface area (TPSA) is 54.6 Å². The van der Waals surface area contributed by atoms with Gasteiger partial charge in [-0.2, -0.15) is 0 Å². The maximum atomic E-state index is 6.21. The summed E-state index contributed by atoms with van der Waals surface area (Å²) < 4.78 is 12.8. The van der Waals surface area contributed by atoms with E-state index in [4.69, 9.17) is 9.15 Å². The highest BCUT2D eigenvalue weighted by molar-refractivity contribution is 9.10. The summed E-state index contributed by atoms with van der Waals surface area (Å²) in [5.74, 6) is 2.06. The van der Waals surface area contributed by atoms with Gasteiger partial charge in [-0.1, -0.05) is 58.4 Å². The Bertz CT molecular complexity index is 1190. The summed E-state index contributed by atoms with van der Waals surface area (Å²) in [4.78, 5) is 4.79. The van der Waals surface area contributed by atoms with E-state index >= 15 is 0 Å². The second-order valence-corrected chi connectivity index (χ2v) is 8.88. The molecule has 0 bridgehead atoms. The van der Waals surface area contributed by atoms with E-state index in [-0.39, 0.29) is 6.04 Å². The summed E-state index contributed by atoms with van der Waals surface area (Å²) in [5.41, 5.74) is 3.18. The van der Waals surface area contributed by atoms with Crippen molar-refractivity contribution in [3.8, 4) is 17.2 Å². The van der Waals surface area contributed by atoms with Gasteiger partial charge in [-0.15, -0.1) is 10.2 Å². The van der Waals surface area contributed by atoms with Crippen LogP contribution >= 0.6 is 15.9 Å². The van der Waals surface area contributed by atoms with Crippen molar-refractivity contribution in [3.05, 3.63) is 94.8 Å². The van der Waals surface area contributed by atoms with Crippen molar-refractivity contribution in [2.75, 3.05) is 38.2 Å². The Labute approximate surface area is 201 Å². The summed E-state index contributed by atoms with van der Waals surface area (Å²) in [6.07, 6.45) is 0. The van der Waals surface area contributed by atoms with Gasteiger partial charge in [0.2, 0.25) is 11.8 Å². The van der Waals surface area contributed by atoms with Crippen molar-refractivity contribution in [1.29, 1.82) is 0 Å². The highest BCUT2D eigenvalue weighted by Gasteiger charge is 2.31. The van der Waals surface area contributed by atoms with E-state index in [1.165, 1.54) is 0 Å². The molecule has 5 rings (SSSR count). The van der Waals surface area contributed by atoms with E-state index in [1.807, 2.05) is 42.5 Å². The zero-order chi connectivity index (χ0) is 22.6. The number of hydrogen-bond acceptors (Lipinski definition) is 6. The molecule has 168 valence electrons. The van der Waals surface area contributed by atoms with Crippen molar-refractivity contribution in [3.63, 3.8) is 0 Å². The lowest BCUT2D eigenvalue weighted by Gasteiger charge is -2.39. The molecule has 0 saturated carbocycles. The monoisotopic (exact) mass is 504 g/mol. The van der Waals surface area contributed by atoms with Crippen molar-refractivity contribution in [2.24, 2.45) is 0 Å². The fourth-order valence-electron chi connectivity index (χ4n) is 4.31. The molecule has 0 amide bonds. The van der Waals surface area contributed by atoms with Gasteiger partial charge in [0.15, 0.2) is 0 Å². The first kappa shape index (κ1) is 21.7. The number of ether oxygens (including phenoxy) is 1. The normalized spacial score (nSPS) is 15.4. The molecule has 1 aliphatic rings. The van der Waals surface area contributed by atoms with Crippen LogP contribution in [-0.4, -0.2) is 48.4 Å². The molecule has 1 unspecified atom stereocenters. The molecule has 0 N–H and O–H groups in total. The van der Waals surface area contributed by atoms with Crippen LogP contribution in [0.5, 0.6) is 5.75 Å². The number of anilines is 1. The number of piperazine rings is 1. The number of nitrogens with zero attached hydrogens (tertiary/aromatic N) is 4. The third-order valence-corrected chi connectivity index (χ3v) is 6.51. The summed E-state index contributed by atoms with van der Waals surface area (Å²) in [7, 11) is 1.72. The third kappa shape index (κ3) is 4.65. The predicted octanol–water partition coefficient (Wildman–Crippen LogP) is 5.42. The zero-order valence-corrected chi connectivity index (χ0v) is 20.0. The average molecular weight is 505 g/mol. The zero-order valence-electron chi connectivity index (χ0n) is 18.4. The number of aromatic nitrogens is 2. The van der Waals surface area contributed by atoms with Crippen LogP contribution in [0.4, 0.5) is 5.69 Å². The molecule has 33 heavy (non-hydrogen) atoms. The van der Waals surface area contributed by atoms with Crippen LogP contribution < -0.4 is 9.64 Å². The second-order valence-electron chi connectivity index (χ2n) is 7.96. The number of halogens is 1. The Morgan fingerprint density at radius 1 is 0.848 bits per heavy atom. The van der Waals surface area contributed by atoms with Gasteiger partial charge in [-0.25, -0.2) is 0 Å². The molecule has 0 radical (unpaired) electrons. The Balaban J connectivity index is 1.42. The Kier molecular flexibility index (Phi) is 6.41. The molecular weight excluding hydrogens is 480 g/mol. The molecule has 1 aliphatic heterocycles. The summed E-state index contributed by atoms with van der Waals surface area (Å²) in [5, 5.41) is 8.82. The molecule has 0 spiro atoms. The van der Waals surface area contributed by atoms with Gasteiger partial charge >= 0.3 is 0 Å². The van der Waals surface area contributed by atoms with E-state index in [0.717, 1.165) is 53.2 Å². The molecule has 3 aromatic carbocycles. The van der Waals surface area contributed by atoms with Crippen LogP contribution in [0.15, 0.2) is 87.8 Å². The quantitative estimate of drug-likeness (QED) is 0.349. The number of rotatable bonds is 6. The van der Waals surface area contributed by atoms with Gasteiger partial charge in [0.25, 0.3) is 0 Å². The van der Waals surface area contributed by atoms with Crippen LogP contribution in [0, 0.1) is 0 Å². The Morgan fingerprint density at radius 3 is 2.27 bits per heavy atom. The molecule has 2 heterocycles. The molecule has 7 heteroatoms. The number of hydrogen-bond donors (Lipinski definition) is 0. The number of para-hydroxylation sites is 2. The molecule has 1 saturated heterocycles. The number of benzene rings is 3. The third-order valence-electron chi connectivity index (χ3n) is 5.99. The summed E-state index contributed by atoms with van der Waals surface area (Å²) >= 11 is 3.55. The van der Waals surface area contributed by atoms with E-state index < -0.39 is 0 Å². The fourth-order valence-corrected chi connectivity index (χ4v) is 4.57. The lowest BCUT2D eigenvalue weighted by molar-refractivity contribution is 0.187. The highest BCUT2D eigenvalue weighted by Crippen LogP contribution is 2.34. The largest absolute Gasteiger partial charge is 0.495 e. The maximum Gasteiger partial charge on any atom is 0.247 e. The minimum Gasteiger partial charge on any atom is -0.495 e. The minimum atomic E-state index is -0.108. The maximum absolute atomic E-state index is 6.21. The van der Waals surface area contributed by atoms with E-state index in [0.29, 0.717) is 11.8 Å². The lowest BCUT2D eigenvalue weighted by atomic mass is 10.0. The first-order valence-corrected chi connectivity index (χ1v) is 11.8. The Morgan fingerprint density at radius 2 is 1.55 bits per heavy atom. The van der Waals surface area contributed by atoms with Crippen LogP contribution in [0.1, 0.15) is 17.5 Å². The molecule has 4 aromatic rings. The summed E-state index contributed by atoms with van der Waals surface area (Å²) in [6.45, 7) is 3.49. The van der Waals surface area contributed by atoms with Crippen molar-refractivity contribution in [2.45, 2.75) is 6.04 Å². The molecular formula is C26H25BrN4O2. The van der Waals surface area contributed by atoms with Crippen LogP contribution in [0.3, 0.4) is 0 Å². The van der Waals surface area contributed by atoms with Crippen LogP contribution in [-0.2, 0) is 0 Å². The highest BCUT2D eigenvalue weighted by atomic mass is 79.9. The van der Waals surface area contributed by atoms with E-state index in [1.54, 1.807) is 7.11 Å². The van der Waals surface area contributed by atoms with E-state index in [2.05, 4.69) is 72.3 Å². The molecule has 1 atom stereocenters. The van der Waals surface area contributed by atoms with Gasteiger partial charge in [0, 0.05) is 36.2 Å². The standard InChI is InChI=1S/C26H25BrN4O2/c1-32-23-10-6-5-9-22(23)30-15-17-31(18-16-30)24(19-11-13-21(27)14-12-19)26-29-28-25(33-26)20-7-3-2-4-8-20/h2-14,24H,15-18H2,1H3. The van der Waals surface area contributed by atoms with E-state index in [9.17, 15) is 0 Å². The molecule has 1 fully saturated rings. The van der Waals surface area contributed by atoms with Crippen LogP contribution in [0.2, 0.25) is 0 Å². The number of methoxy groups -OCH3 is 1. The van der Waals surface area contributed by atoms with Gasteiger partial charge in [0.1, 0.15) is 11.8 Å². The molecule has 0 aliphatic carbocycles. The molecule has 6 nitrogen and oxygen atoms in total. The second kappa shape index (κ2) is 9.77. The van der Waals surface area contributed by atoms with Crippen molar-refractivity contribution >= 4 is 21.6 Å². The first-order valence-electron chi connectivity index (χ1n) is 11.0. The predicted molar refractivity (Wildman–Crippen MR) is 132 cm³/mol. The van der Waals surface area contributed by atoms with Gasteiger partial charge < -0.3 is 14.1 Å². The summed E-state index contributed by atoms with van der Waals surface area (Å²) in [6, 6.07) is 26.3. The van der Waals surface area contributed by atoms with Crippen molar-refractivity contribution < 1.29 is 9.15 Å². The molecule has 1 aromatic heterocycles. The fraction of sp³-hybridized carbons (Fsp3) is 0.231. The lowest BCUT2D eigenvalue weighted by Crippen LogP contribution is -2.48. The average Bonchev–Trinajstić information content (AvgIpc) is 3.36. The van der Waals surface area contributed by atoms with Gasteiger partial charge in [-0.05, 0) is 42.0 Å². The smallest absolute Gasteiger partial charge is 0.247 e. The van der Waals surface area contributed by atoms with Gasteiger partial charge in [0.05, 0.1) is 12.8 Å². The first-order chi connectivity index (χ1) is 16.2.